The van der Waals surface area contributed by atoms with Gasteiger partial charge in [0.15, 0.2) is 5.78 Å². The van der Waals surface area contributed by atoms with Gasteiger partial charge in [0.05, 0.1) is 19.8 Å². The molecule has 1 saturated carbocycles. The molecule has 0 unspecified atom stereocenters. The van der Waals surface area contributed by atoms with Crippen molar-refractivity contribution in [2.75, 3.05) is 39.4 Å². The molecule has 3 heterocycles. The monoisotopic (exact) mass is 1250 g/mol. The molecule has 1 aliphatic carbocycles. The Morgan fingerprint density at radius 2 is 1.06 bits per heavy atom. The number of allylic oxidation sites excluding steroid dienone is 1. The van der Waals surface area contributed by atoms with Crippen LogP contribution in [0.5, 0.6) is 0 Å². The third-order valence-electron chi connectivity index (χ3n) is 11.7. The van der Waals surface area contributed by atoms with Gasteiger partial charge in [-0.1, -0.05) is 75.8 Å². The zero-order chi connectivity index (χ0) is 65.3. The number of aryl methyl sites for hydroxylation is 3. The third-order valence-corrected chi connectivity index (χ3v) is 11.7. The maximum Gasteiger partial charge on any atom is 1.00 e. The van der Waals surface area contributed by atoms with Crippen LogP contribution in [-0.2, 0) is 50.2 Å². The van der Waals surface area contributed by atoms with Crippen LogP contribution in [0.2, 0.25) is 0 Å². The fraction of sp³-hybridized carbons (Fsp3) is 0.500. The Bertz CT molecular complexity index is 2930. The summed E-state index contributed by atoms with van der Waals surface area (Å²) in [6.07, 6.45) is 9.56. The van der Waals surface area contributed by atoms with Crippen LogP contribution < -0.4 is 119 Å². The van der Waals surface area contributed by atoms with E-state index in [-0.39, 0.29) is 151 Å². The number of hydrogen-bond donors (Lipinski definition) is 5. The number of carbonyl (C=O) groups is 5. The molecule has 7 N–H and O–H groups in total. The summed E-state index contributed by atoms with van der Waals surface area (Å²) in [7, 11) is 0. The topological polar surface area (TPSA) is 326 Å². The summed E-state index contributed by atoms with van der Waals surface area (Å²) in [6, 6.07) is 14.4. The molecule has 1 aliphatic rings. The number of rotatable bonds is 13. The van der Waals surface area contributed by atoms with E-state index >= 15 is 0 Å². The van der Waals surface area contributed by atoms with Gasteiger partial charge in [-0.15, -0.1) is 6.26 Å². The summed E-state index contributed by atoms with van der Waals surface area (Å²) in [4.78, 5) is 102. The molecule has 23 nitrogen and oxygen atoms in total. The van der Waals surface area contributed by atoms with Crippen LogP contribution in [-0.4, -0.2) is 98.5 Å². The molecule has 4 aromatic rings. The van der Waals surface area contributed by atoms with Crippen molar-refractivity contribution in [1.82, 2.24) is 24.3 Å². The average Bonchev–Trinajstić information content (AvgIpc) is 3.51. The molecule has 0 aliphatic heterocycles. The van der Waals surface area contributed by atoms with Crippen LogP contribution in [0, 0.1) is 61.3 Å². The summed E-state index contributed by atoms with van der Waals surface area (Å²) in [5.41, 5.74) is 11.0. The van der Waals surface area contributed by atoms with E-state index in [9.17, 15) is 43.5 Å². The molecule has 3 aromatic heterocycles. The molecule has 1 aromatic carbocycles. The summed E-state index contributed by atoms with van der Waals surface area (Å²) in [5.74, 6) is -2.28. The number of carboxylic acids is 1. The van der Waals surface area contributed by atoms with Crippen LogP contribution in [0.15, 0.2) is 74.7 Å². The molecule has 0 saturated heterocycles. The number of aromatic carboxylic acids is 1. The molecule has 0 spiro atoms. The molecular weight excluding hydrogens is 1160 g/mol. The van der Waals surface area contributed by atoms with Crippen molar-refractivity contribution in [2.24, 2.45) is 5.73 Å². The van der Waals surface area contributed by atoms with Crippen LogP contribution in [0.25, 0.3) is 14.5 Å². The summed E-state index contributed by atoms with van der Waals surface area (Å²) < 4.78 is 9.16. The van der Waals surface area contributed by atoms with E-state index in [0.717, 1.165) is 45.9 Å². The maximum absolute atomic E-state index is 12.3. The first-order valence-corrected chi connectivity index (χ1v) is 27.7. The van der Waals surface area contributed by atoms with E-state index in [2.05, 4.69) is 34.8 Å². The average molecular weight is 1250 g/mol. The SMILES string of the molecule is C1CCCCC1.CC(=O)/C(C)=C/[O-].CCN.CCOO.CCn1c(C)c(C)cc(C(=O)NCc2ccccc2)c1=O.CCn1c(C)c(C)cc(C(=O)O)c1=O.[C-]#[N+]CC(=O)NCC.[C-]#[N+]CC(=O)OCC.[C-]#[N+]c1cc(C)c(C)n(CC)c1=O.[K+].[Na+].[OH-]. The quantitative estimate of drug-likeness (QED) is 0.0244. The molecule has 2 amide bonds. The van der Waals surface area contributed by atoms with Crippen molar-refractivity contribution in [3.63, 3.8) is 0 Å². The largest absolute Gasteiger partial charge is 1.00 e. The van der Waals surface area contributed by atoms with E-state index < -0.39 is 17.5 Å². The van der Waals surface area contributed by atoms with Crippen molar-refractivity contribution < 1.29 is 135 Å². The minimum atomic E-state index is -1.17. The Morgan fingerprint density at radius 1 is 0.667 bits per heavy atom. The van der Waals surface area contributed by atoms with Crippen molar-refractivity contribution in [3.8, 4) is 0 Å². The number of aromatic nitrogens is 3. The van der Waals surface area contributed by atoms with Crippen molar-refractivity contribution in [3.05, 3.63) is 176 Å². The van der Waals surface area contributed by atoms with Crippen LogP contribution in [0.3, 0.4) is 0 Å². The third kappa shape index (κ3) is 41.8. The van der Waals surface area contributed by atoms with Crippen molar-refractivity contribution in [1.29, 1.82) is 0 Å². The number of carbonyl (C=O) groups excluding carboxylic acids is 4. The number of Topliss-reactive ketones (excluding diaryl/α,β-unsaturated/α-hetero) is 1. The second kappa shape index (κ2) is 59.1. The smallest absolute Gasteiger partial charge is 0.878 e. The van der Waals surface area contributed by atoms with Crippen LogP contribution >= 0.6 is 0 Å². The zero-order valence-electron chi connectivity index (χ0n) is 54.6. The minimum Gasteiger partial charge on any atom is -0.878 e. The molecule has 0 radical (unpaired) electrons. The fourth-order valence-corrected chi connectivity index (χ4v) is 6.81. The van der Waals surface area contributed by atoms with Gasteiger partial charge in [0, 0.05) is 49.8 Å². The van der Waals surface area contributed by atoms with Gasteiger partial charge in [-0.25, -0.2) is 32.5 Å². The molecule has 0 atom stereocenters. The molecule has 25 heteroatoms. The van der Waals surface area contributed by atoms with Crippen molar-refractivity contribution >= 4 is 35.2 Å². The van der Waals surface area contributed by atoms with E-state index in [0.29, 0.717) is 52.2 Å². The Balaban J connectivity index is -0.000000174. The fourth-order valence-electron chi connectivity index (χ4n) is 6.81. The number of ether oxygens (including phenoxy) is 1. The van der Waals surface area contributed by atoms with Gasteiger partial charge < -0.3 is 60.2 Å². The maximum atomic E-state index is 12.3. The first kappa shape index (κ1) is 94.8. The Kier molecular flexibility index (Phi) is 64.4. The van der Waals surface area contributed by atoms with Gasteiger partial charge in [0.1, 0.15) is 11.1 Å². The molecule has 87 heavy (non-hydrogen) atoms. The predicted octanol–water partition coefficient (Wildman–Crippen LogP) is 2.62. The molecule has 1 fully saturated rings. The van der Waals surface area contributed by atoms with Gasteiger partial charge in [-0.2, -0.15) is 0 Å². The normalized spacial score (nSPS) is 10.1. The van der Waals surface area contributed by atoms with Gasteiger partial charge in [-0.3, -0.25) is 34.0 Å². The summed E-state index contributed by atoms with van der Waals surface area (Å²) in [5, 5.41) is 31.1. The second-order valence-electron chi connectivity index (χ2n) is 17.9. The van der Waals surface area contributed by atoms with Crippen LogP contribution in [0.1, 0.15) is 161 Å². The molecular formula is C62H93KN9NaO14. The molecule has 0 bridgehead atoms. The van der Waals surface area contributed by atoms with E-state index in [1.165, 1.54) is 63.0 Å². The van der Waals surface area contributed by atoms with Gasteiger partial charge in [0.2, 0.25) is 0 Å². The van der Waals surface area contributed by atoms with Gasteiger partial charge in [-0.05, 0) is 150 Å². The van der Waals surface area contributed by atoms with Gasteiger partial charge in [0.25, 0.3) is 40.7 Å². The van der Waals surface area contributed by atoms with E-state index in [1.807, 2.05) is 99.6 Å². The first-order chi connectivity index (χ1) is 39.8. The number of likely N-dealkylation sites (N-methyl/N-ethyl adjacent to an activating group) is 1. The Labute approximate surface area is 579 Å². The zero-order valence-corrected chi connectivity index (χ0v) is 59.7. The Hall–Kier alpha value is -5.89. The number of ketones is 1. The van der Waals surface area contributed by atoms with E-state index in [4.69, 9.17) is 35.8 Å². The Morgan fingerprint density at radius 3 is 1.38 bits per heavy atom. The number of amides is 2. The predicted molar refractivity (Wildman–Crippen MR) is 330 cm³/mol. The molecule has 472 valence electrons. The van der Waals surface area contributed by atoms with Gasteiger partial charge >= 0.3 is 99.4 Å². The second-order valence-corrected chi connectivity index (χ2v) is 17.9. The van der Waals surface area contributed by atoms with Crippen LogP contribution in [0.4, 0.5) is 5.69 Å². The standard InChI is InChI=1S/C17H20N2O2.C10H12N2O.C10H13NO3.C6H12.C5H8N2O.C5H7NO2.C5H8O2.C2H7N.C2H6O2.K.Na.H2O/c1-4-19-13(3)12(2)10-15(17(19)21)16(20)18-11-14-8-6-5-7-9-14;1-5-12-8(3)7(2)6-9(11-4)10(12)13;1-4-11-7(3)6(2)5-8(9(11)12)10(13)14;1-2-4-6-5-3-1;1-3-7-5(8)4-6-2;1-3-8-5(7)4-6-2;1-4(3-6)5(2)7;1-2-3;1-2-4-3;;;/h5-10H,4,11H2,1-3H3,(H,18,20);6H,5H2,1-3H3;5H,4H2,1-3H3,(H,13,14);1-6H2;3-4H2,1H3,(H,7,8);3-4H2,1H3;3,6H,1-2H3;2-3H2,1H3;3H,2H2,1H3;;;1H2/q;;;;;;;;;2*+1;/p-2/b;;;;;;4-3+;;;;;. The molecule has 5 rings (SSSR count). The first-order valence-electron chi connectivity index (χ1n) is 27.7. The number of nitrogens with two attached hydrogens (primary N) is 1. The number of nitrogens with zero attached hydrogens (tertiary/aromatic N) is 6. The number of esters is 1. The van der Waals surface area contributed by atoms with Crippen molar-refractivity contribution in [2.45, 2.75) is 169 Å². The number of hydrogen-bond acceptors (Lipinski definition) is 14. The number of carboxylic acid groups (broad SMARTS) is 1. The summed E-state index contributed by atoms with van der Waals surface area (Å²) in [6.45, 7) is 50.2. The number of pyridine rings is 3. The summed E-state index contributed by atoms with van der Waals surface area (Å²) >= 11 is 0. The number of nitrogens with one attached hydrogen (secondary N) is 2. The minimum absolute atomic E-state index is 0. The number of benzene rings is 1. The van der Waals surface area contributed by atoms with E-state index in [1.54, 1.807) is 42.0 Å².